The van der Waals surface area contributed by atoms with Crippen molar-refractivity contribution < 1.29 is 48.2 Å². The highest BCUT2D eigenvalue weighted by atomic mass is 16.7. The van der Waals surface area contributed by atoms with Gasteiger partial charge in [-0.15, -0.1) is 0 Å². The van der Waals surface area contributed by atoms with Crippen molar-refractivity contribution in [1.82, 2.24) is 15.5 Å². The minimum absolute atomic E-state index is 0.00424. The van der Waals surface area contributed by atoms with Gasteiger partial charge in [0.2, 0.25) is 0 Å². The minimum Gasteiger partial charge on any atom is -0.444 e. The zero-order chi connectivity index (χ0) is 27.8. The molecule has 4 unspecified atom stereocenters. The van der Waals surface area contributed by atoms with Crippen molar-refractivity contribution in [2.24, 2.45) is 5.73 Å². The summed E-state index contributed by atoms with van der Waals surface area (Å²) in [6, 6.07) is 0. The lowest BCUT2D eigenvalue weighted by Gasteiger charge is -2.23. The molecule has 0 spiro atoms. The van der Waals surface area contributed by atoms with Gasteiger partial charge in [0.15, 0.2) is 12.6 Å². The first-order valence-electron chi connectivity index (χ1n) is 12.0. The van der Waals surface area contributed by atoms with E-state index in [2.05, 4.69) is 10.6 Å². The molecule has 4 atom stereocenters. The number of carbonyl (C=O) groups excluding carboxylic acids is 2. The number of likely N-dealkylation sites (N-methyl/N-ethyl adjacent to an activating group) is 2. The van der Waals surface area contributed by atoms with Crippen LogP contribution in [0.5, 0.6) is 0 Å². The third-order valence-electron chi connectivity index (χ3n) is 4.65. The molecule has 36 heavy (non-hydrogen) atoms. The van der Waals surface area contributed by atoms with Crippen LogP contribution in [0.2, 0.25) is 0 Å². The molecular formula is C22H48N4O10. The SMILES string of the molecule is CCC(CO)OC(COC(=O)N(C)CCNC)OC.CCC(CO)OC(COC(=O)NCCN)OC. The van der Waals surface area contributed by atoms with Gasteiger partial charge in [0.1, 0.15) is 13.2 Å². The topological polar surface area (TPSA) is 183 Å². The summed E-state index contributed by atoms with van der Waals surface area (Å²) in [6.07, 6.45) is -1.69. The zero-order valence-corrected chi connectivity index (χ0v) is 22.6. The van der Waals surface area contributed by atoms with Crippen LogP contribution in [0.4, 0.5) is 9.59 Å². The third-order valence-corrected chi connectivity index (χ3v) is 4.65. The van der Waals surface area contributed by atoms with Crippen molar-refractivity contribution in [2.45, 2.75) is 51.5 Å². The number of nitrogens with zero attached hydrogens (tertiary/aromatic N) is 1. The van der Waals surface area contributed by atoms with Gasteiger partial charge in [-0.1, -0.05) is 13.8 Å². The Hall–Kier alpha value is -1.78. The van der Waals surface area contributed by atoms with E-state index in [1.54, 1.807) is 7.05 Å². The molecule has 0 rings (SSSR count). The fourth-order valence-corrected chi connectivity index (χ4v) is 2.28. The highest BCUT2D eigenvalue weighted by molar-refractivity contribution is 5.67. The van der Waals surface area contributed by atoms with Crippen molar-refractivity contribution in [3.63, 3.8) is 0 Å². The Morgan fingerprint density at radius 3 is 1.81 bits per heavy atom. The van der Waals surface area contributed by atoms with E-state index in [9.17, 15) is 9.59 Å². The van der Waals surface area contributed by atoms with Crippen LogP contribution in [0.15, 0.2) is 0 Å². The molecule has 0 heterocycles. The number of rotatable bonds is 19. The lowest BCUT2D eigenvalue weighted by molar-refractivity contribution is -0.182. The molecule has 6 N–H and O–H groups in total. The number of nitrogens with two attached hydrogens (primary N) is 1. The van der Waals surface area contributed by atoms with Crippen molar-refractivity contribution in [3.05, 3.63) is 0 Å². The Balaban J connectivity index is 0. The molecular weight excluding hydrogens is 480 g/mol. The van der Waals surface area contributed by atoms with Gasteiger partial charge in [-0.3, -0.25) is 0 Å². The monoisotopic (exact) mass is 528 g/mol. The van der Waals surface area contributed by atoms with Crippen LogP contribution in [0, 0.1) is 0 Å². The summed E-state index contributed by atoms with van der Waals surface area (Å²) in [7, 11) is 6.38. The quantitative estimate of drug-likeness (QED) is 0.135. The second-order valence-electron chi connectivity index (χ2n) is 7.44. The number of aliphatic hydroxyl groups excluding tert-OH is 2. The molecule has 14 heteroatoms. The summed E-state index contributed by atoms with van der Waals surface area (Å²) in [5.41, 5.74) is 5.21. The molecule has 0 aromatic rings. The van der Waals surface area contributed by atoms with Gasteiger partial charge in [0.05, 0.1) is 25.4 Å². The molecule has 0 aromatic heterocycles. The van der Waals surface area contributed by atoms with Crippen molar-refractivity contribution in [3.8, 4) is 0 Å². The summed E-state index contributed by atoms with van der Waals surface area (Å²) in [6.45, 7) is 5.49. The van der Waals surface area contributed by atoms with Crippen LogP contribution in [0.25, 0.3) is 0 Å². The molecule has 2 amide bonds. The Labute approximate surface area is 214 Å². The average Bonchev–Trinajstić information content (AvgIpc) is 2.91. The third kappa shape index (κ3) is 19.4. The number of amides is 2. The van der Waals surface area contributed by atoms with Gasteiger partial charge in [-0.25, -0.2) is 9.59 Å². The standard InChI is InChI=1S/C12H26N2O5.C10H22N2O5/c1-5-10(8-15)19-11(17-4)9-18-12(16)14(3)7-6-13-2;1-3-8(6-13)17-9(15-2)7-16-10(14)12-5-4-11/h10-11,13,15H,5-9H2,1-4H3;8-9,13H,3-7,11H2,1-2H3,(H,12,14). The zero-order valence-electron chi connectivity index (χ0n) is 22.6. The molecule has 0 fully saturated rings. The number of hydrogen-bond acceptors (Lipinski definition) is 12. The summed E-state index contributed by atoms with van der Waals surface area (Å²) in [5.74, 6) is 0. The largest absolute Gasteiger partial charge is 0.444 e. The van der Waals surface area contributed by atoms with Gasteiger partial charge < -0.3 is 59.9 Å². The summed E-state index contributed by atoms with van der Waals surface area (Å²) >= 11 is 0. The van der Waals surface area contributed by atoms with E-state index >= 15 is 0 Å². The summed E-state index contributed by atoms with van der Waals surface area (Å²) in [4.78, 5) is 24.2. The first-order chi connectivity index (χ1) is 17.3. The molecule has 0 saturated heterocycles. The van der Waals surface area contributed by atoms with E-state index in [0.717, 1.165) is 0 Å². The number of hydrogen-bond donors (Lipinski definition) is 5. The summed E-state index contributed by atoms with van der Waals surface area (Å²) in [5, 5.41) is 23.4. The van der Waals surface area contributed by atoms with Gasteiger partial charge in [0, 0.05) is 47.4 Å². The molecule has 0 aliphatic rings. The minimum atomic E-state index is -0.685. The fourth-order valence-electron chi connectivity index (χ4n) is 2.28. The van der Waals surface area contributed by atoms with E-state index < -0.39 is 24.8 Å². The fraction of sp³-hybridized carbons (Fsp3) is 0.909. The Morgan fingerprint density at radius 1 is 0.917 bits per heavy atom. The molecule has 216 valence electrons. The van der Waals surface area contributed by atoms with Crippen molar-refractivity contribution in [1.29, 1.82) is 0 Å². The number of carbonyl (C=O) groups is 2. The van der Waals surface area contributed by atoms with Crippen LogP contribution < -0.4 is 16.4 Å². The maximum atomic E-state index is 11.6. The second-order valence-corrected chi connectivity index (χ2v) is 7.44. The van der Waals surface area contributed by atoms with Crippen molar-refractivity contribution >= 4 is 12.2 Å². The van der Waals surface area contributed by atoms with E-state index in [1.165, 1.54) is 19.1 Å². The van der Waals surface area contributed by atoms with Gasteiger partial charge in [0.25, 0.3) is 0 Å². The lowest BCUT2D eigenvalue weighted by Crippen LogP contribution is -2.36. The highest BCUT2D eigenvalue weighted by Gasteiger charge is 2.18. The second kappa shape index (κ2) is 24.9. The Bertz CT molecular complexity index is 525. The maximum Gasteiger partial charge on any atom is 0.409 e. The van der Waals surface area contributed by atoms with E-state index in [-0.39, 0.29) is 38.6 Å². The number of methoxy groups -OCH3 is 2. The molecule has 0 aromatic carbocycles. The first-order valence-corrected chi connectivity index (χ1v) is 12.0. The van der Waals surface area contributed by atoms with Crippen LogP contribution in [0.3, 0.4) is 0 Å². The van der Waals surface area contributed by atoms with E-state index in [4.69, 9.17) is 44.4 Å². The highest BCUT2D eigenvalue weighted by Crippen LogP contribution is 2.05. The lowest BCUT2D eigenvalue weighted by atomic mass is 10.3. The molecule has 0 aliphatic carbocycles. The van der Waals surface area contributed by atoms with Crippen molar-refractivity contribution in [2.75, 3.05) is 80.9 Å². The predicted molar refractivity (Wildman–Crippen MR) is 132 cm³/mol. The molecule has 0 bridgehead atoms. The van der Waals surface area contributed by atoms with Crippen LogP contribution >= 0.6 is 0 Å². The summed E-state index contributed by atoms with van der Waals surface area (Å²) < 4.78 is 30.7. The molecule has 0 aliphatic heterocycles. The Kier molecular flexibility index (Phi) is 25.2. The van der Waals surface area contributed by atoms with Gasteiger partial charge in [-0.2, -0.15) is 0 Å². The number of aliphatic hydroxyl groups is 2. The average molecular weight is 529 g/mol. The first kappa shape index (κ1) is 36.4. The smallest absolute Gasteiger partial charge is 0.409 e. The molecule has 0 saturated carbocycles. The van der Waals surface area contributed by atoms with Crippen LogP contribution in [-0.4, -0.2) is 133 Å². The number of alkyl carbamates (subject to hydrolysis) is 1. The Morgan fingerprint density at radius 2 is 1.42 bits per heavy atom. The molecule has 0 radical (unpaired) electrons. The van der Waals surface area contributed by atoms with E-state index in [0.29, 0.717) is 39.0 Å². The number of nitrogens with one attached hydrogen (secondary N) is 2. The van der Waals surface area contributed by atoms with Crippen LogP contribution in [-0.2, 0) is 28.4 Å². The van der Waals surface area contributed by atoms with E-state index in [1.807, 2.05) is 20.9 Å². The molecule has 14 nitrogen and oxygen atoms in total. The normalized spacial score (nSPS) is 14.0. The van der Waals surface area contributed by atoms with Crippen LogP contribution in [0.1, 0.15) is 26.7 Å². The van der Waals surface area contributed by atoms with Gasteiger partial charge in [-0.05, 0) is 19.9 Å². The number of ether oxygens (including phenoxy) is 6. The predicted octanol–water partition coefficient (Wildman–Crippen LogP) is -0.534. The van der Waals surface area contributed by atoms with Gasteiger partial charge >= 0.3 is 12.2 Å². The maximum absolute atomic E-state index is 11.6.